The van der Waals surface area contributed by atoms with Crippen molar-refractivity contribution in [2.45, 2.75) is 33.4 Å². The van der Waals surface area contributed by atoms with Crippen molar-refractivity contribution in [3.8, 4) is 0 Å². The van der Waals surface area contributed by atoms with Crippen LogP contribution in [0.5, 0.6) is 0 Å². The van der Waals surface area contributed by atoms with Crippen molar-refractivity contribution in [2.24, 2.45) is 0 Å². The van der Waals surface area contributed by atoms with Gasteiger partial charge in [-0.15, -0.1) is 0 Å². The summed E-state index contributed by atoms with van der Waals surface area (Å²) in [6.07, 6.45) is 0.301. The standard InChI is InChI=1S/C17H21N5O2/c1-12-19-13(2)22(20-12)10-8-18-16(23)7-9-21-11-14-5-3-4-6-15(14)17(21)24/h3-6H,7-11H2,1-2H3,(H,18,23). The molecule has 7 heteroatoms. The summed E-state index contributed by atoms with van der Waals surface area (Å²) in [5.74, 6) is 1.51. The molecule has 24 heavy (non-hydrogen) atoms. The number of nitrogens with zero attached hydrogens (tertiary/aromatic N) is 4. The Morgan fingerprint density at radius 3 is 2.75 bits per heavy atom. The molecular formula is C17H21N5O2. The Bertz CT molecular complexity index is 768. The van der Waals surface area contributed by atoms with Crippen LogP contribution in [0.2, 0.25) is 0 Å². The number of fused-ring (bicyclic) bond motifs is 1. The molecule has 0 bridgehead atoms. The van der Waals surface area contributed by atoms with E-state index in [9.17, 15) is 9.59 Å². The van der Waals surface area contributed by atoms with Crippen molar-refractivity contribution in [1.82, 2.24) is 25.0 Å². The van der Waals surface area contributed by atoms with E-state index < -0.39 is 0 Å². The van der Waals surface area contributed by atoms with Gasteiger partial charge in [-0.05, 0) is 25.5 Å². The molecule has 0 saturated carbocycles. The van der Waals surface area contributed by atoms with Gasteiger partial charge in [-0.3, -0.25) is 9.59 Å². The minimum absolute atomic E-state index is 0.00659. The largest absolute Gasteiger partial charge is 0.354 e. The van der Waals surface area contributed by atoms with Crippen LogP contribution in [0.25, 0.3) is 0 Å². The van der Waals surface area contributed by atoms with Crippen LogP contribution >= 0.6 is 0 Å². The normalized spacial score (nSPS) is 13.2. The molecule has 1 aromatic carbocycles. The SMILES string of the molecule is Cc1nc(C)n(CCNC(=O)CCN2Cc3ccccc3C2=O)n1. The van der Waals surface area contributed by atoms with Crippen LogP contribution in [0.1, 0.15) is 34.0 Å². The maximum atomic E-state index is 12.2. The molecule has 126 valence electrons. The Hall–Kier alpha value is -2.70. The third-order valence-electron chi connectivity index (χ3n) is 4.11. The molecule has 3 rings (SSSR count). The van der Waals surface area contributed by atoms with Crippen LogP contribution in [-0.4, -0.2) is 44.6 Å². The monoisotopic (exact) mass is 327 g/mol. The van der Waals surface area contributed by atoms with E-state index in [4.69, 9.17) is 0 Å². The van der Waals surface area contributed by atoms with Gasteiger partial charge in [0.05, 0.1) is 6.54 Å². The Kier molecular flexibility index (Phi) is 4.59. The zero-order chi connectivity index (χ0) is 17.1. The average molecular weight is 327 g/mol. The van der Waals surface area contributed by atoms with E-state index in [0.717, 1.165) is 22.8 Å². The predicted molar refractivity (Wildman–Crippen MR) is 88.3 cm³/mol. The van der Waals surface area contributed by atoms with Crippen LogP contribution in [0, 0.1) is 13.8 Å². The van der Waals surface area contributed by atoms with E-state index in [-0.39, 0.29) is 11.8 Å². The molecule has 1 N–H and O–H groups in total. The fraction of sp³-hybridized carbons (Fsp3) is 0.412. The van der Waals surface area contributed by atoms with Gasteiger partial charge in [-0.1, -0.05) is 18.2 Å². The van der Waals surface area contributed by atoms with Crippen molar-refractivity contribution >= 4 is 11.8 Å². The molecule has 7 nitrogen and oxygen atoms in total. The Labute approximate surface area is 140 Å². The maximum absolute atomic E-state index is 12.2. The number of hydrogen-bond acceptors (Lipinski definition) is 4. The van der Waals surface area contributed by atoms with E-state index in [1.165, 1.54) is 0 Å². The summed E-state index contributed by atoms with van der Waals surface area (Å²) in [6.45, 7) is 5.83. The third-order valence-corrected chi connectivity index (χ3v) is 4.11. The number of aromatic nitrogens is 3. The van der Waals surface area contributed by atoms with Crippen molar-refractivity contribution in [1.29, 1.82) is 0 Å². The van der Waals surface area contributed by atoms with Crippen molar-refractivity contribution < 1.29 is 9.59 Å². The van der Waals surface area contributed by atoms with E-state index in [1.54, 1.807) is 9.58 Å². The van der Waals surface area contributed by atoms with Crippen LogP contribution in [-0.2, 0) is 17.9 Å². The van der Waals surface area contributed by atoms with Crippen molar-refractivity contribution in [2.75, 3.05) is 13.1 Å². The zero-order valence-electron chi connectivity index (χ0n) is 14.0. The fourth-order valence-electron chi connectivity index (χ4n) is 2.89. The molecule has 0 fully saturated rings. The first-order chi connectivity index (χ1) is 11.5. The molecule has 2 heterocycles. The Morgan fingerprint density at radius 2 is 2.04 bits per heavy atom. The zero-order valence-corrected chi connectivity index (χ0v) is 14.0. The highest BCUT2D eigenvalue weighted by molar-refractivity contribution is 5.98. The van der Waals surface area contributed by atoms with Gasteiger partial charge >= 0.3 is 0 Å². The molecule has 0 radical (unpaired) electrons. The lowest BCUT2D eigenvalue weighted by atomic mass is 10.1. The Balaban J connectivity index is 1.42. The van der Waals surface area contributed by atoms with Crippen LogP contribution < -0.4 is 5.32 Å². The van der Waals surface area contributed by atoms with Gasteiger partial charge in [-0.25, -0.2) is 9.67 Å². The second-order valence-corrected chi connectivity index (χ2v) is 5.91. The minimum atomic E-state index is -0.0618. The number of nitrogens with one attached hydrogen (secondary N) is 1. The lowest BCUT2D eigenvalue weighted by Gasteiger charge is -2.15. The summed E-state index contributed by atoms with van der Waals surface area (Å²) in [7, 11) is 0. The van der Waals surface area contributed by atoms with Gasteiger partial charge in [0.15, 0.2) is 0 Å². The number of aryl methyl sites for hydroxylation is 2. The van der Waals surface area contributed by atoms with Crippen molar-refractivity contribution in [3.63, 3.8) is 0 Å². The highest BCUT2D eigenvalue weighted by Gasteiger charge is 2.26. The summed E-state index contributed by atoms with van der Waals surface area (Å²) in [6, 6.07) is 7.58. The smallest absolute Gasteiger partial charge is 0.254 e. The molecule has 0 saturated heterocycles. The van der Waals surface area contributed by atoms with E-state index in [1.807, 2.05) is 38.1 Å². The summed E-state index contributed by atoms with van der Waals surface area (Å²) in [4.78, 5) is 30.1. The molecule has 0 atom stereocenters. The average Bonchev–Trinajstić information content (AvgIpc) is 3.05. The summed E-state index contributed by atoms with van der Waals surface area (Å²) < 4.78 is 1.77. The fourth-order valence-corrected chi connectivity index (χ4v) is 2.89. The van der Waals surface area contributed by atoms with Gasteiger partial charge < -0.3 is 10.2 Å². The minimum Gasteiger partial charge on any atom is -0.354 e. The summed E-state index contributed by atoms with van der Waals surface area (Å²) in [5, 5.41) is 7.11. The number of hydrogen-bond donors (Lipinski definition) is 1. The first-order valence-electron chi connectivity index (χ1n) is 8.06. The molecule has 0 unspecified atom stereocenters. The molecule has 0 spiro atoms. The molecule has 2 amide bonds. The quantitative estimate of drug-likeness (QED) is 0.860. The van der Waals surface area contributed by atoms with Gasteiger partial charge in [-0.2, -0.15) is 5.10 Å². The number of amides is 2. The summed E-state index contributed by atoms with van der Waals surface area (Å²) in [5.41, 5.74) is 1.77. The lowest BCUT2D eigenvalue weighted by Crippen LogP contribution is -2.32. The van der Waals surface area contributed by atoms with Gasteiger partial charge in [0.1, 0.15) is 11.6 Å². The summed E-state index contributed by atoms with van der Waals surface area (Å²) >= 11 is 0. The molecular weight excluding hydrogens is 306 g/mol. The lowest BCUT2D eigenvalue weighted by molar-refractivity contribution is -0.121. The Morgan fingerprint density at radius 1 is 1.25 bits per heavy atom. The third kappa shape index (κ3) is 3.45. The number of carbonyl (C=O) groups excluding carboxylic acids is 2. The van der Waals surface area contributed by atoms with E-state index in [0.29, 0.717) is 32.6 Å². The van der Waals surface area contributed by atoms with Gasteiger partial charge in [0.25, 0.3) is 5.91 Å². The van der Waals surface area contributed by atoms with E-state index >= 15 is 0 Å². The van der Waals surface area contributed by atoms with Gasteiger partial charge in [0.2, 0.25) is 5.91 Å². The molecule has 1 aromatic heterocycles. The van der Waals surface area contributed by atoms with Crippen molar-refractivity contribution in [3.05, 3.63) is 47.0 Å². The highest BCUT2D eigenvalue weighted by atomic mass is 16.2. The molecule has 0 aliphatic carbocycles. The number of benzene rings is 1. The van der Waals surface area contributed by atoms with Crippen LogP contribution in [0.15, 0.2) is 24.3 Å². The molecule has 1 aliphatic rings. The molecule has 2 aromatic rings. The number of rotatable bonds is 6. The maximum Gasteiger partial charge on any atom is 0.254 e. The first kappa shape index (κ1) is 16.2. The second-order valence-electron chi connectivity index (χ2n) is 5.91. The second kappa shape index (κ2) is 6.82. The number of carbonyl (C=O) groups is 2. The first-order valence-corrected chi connectivity index (χ1v) is 8.06. The van der Waals surface area contributed by atoms with Gasteiger partial charge in [0, 0.05) is 31.6 Å². The predicted octanol–water partition coefficient (Wildman–Crippen LogP) is 1.06. The van der Waals surface area contributed by atoms with Crippen LogP contribution in [0.4, 0.5) is 0 Å². The molecule has 1 aliphatic heterocycles. The van der Waals surface area contributed by atoms with Crippen LogP contribution in [0.3, 0.4) is 0 Å². The van der Waals surface area contributed by atoms with E-state index in [2.05, 4.69) is 15.4 Å². The highest BCUT2D eigenvalue weighted by Crippen LogP contribution is 2.22. The topological polar surface area (TPSA) is 80.1 Å².